The third-order valence-electron chi connectivity index (χ3n) is 14.2. The molecule has 10 aromatic carbocycles. The van der Waals surface area contributed by atoms with Gasteiger partial charge in [0.05, 0.1) is 5.69 Å². The Hall–Kier alpha value is -7.48. The highest BCUT2D eigenvalue weighted by molar-refractivity contribution is 6.14. The molecular weight excluding hydrogens is 759 g/mol. The highest BCUT2D eigenvalue weighted by Crippen LogP contribution is 2.55. The molecule has 0 N–H and O–H groups in total. The number of rotatable bonds is 6. The van der Waals surface area contributed by atoms with E-state index < -0.39 is 0 Å². The number of benzene rings is 10. The van der Waals surface area contributed by atoms with E-state index in [0.29, 0.717) is 0 Å². The normalized spacial score (nSPS) is 14.0. The summed E-state index contributed by atoms with van der Waals surface area (Å²) in [7, 11) is 0. The molecule has 12 rings (SSSR count). The fraction of sp³-hybridized carbons (Fsp3) is 0.0968. The van der Waals surface area contributed by atoms with Crippen LogP contribution in [0.25, 0.3) is 77.2 Å². The van der Waals surface area contributed by atoms with Crippen LogP contribution in [0, 0.1) is 0 Å². The zero-order valence-corrected chi connectivity index (χ0v) is 36.2. The van der Waals surface area contributed by atoms with Gasteiger partial charge in [0.15, 0.2) is 0 Å². The summed E-state index contributed by atoms with van der Waals surface area (Å²) in [5.41, 5.74) is 21.4. The van der Waals surface area contributed by atoms with E-state index in [1.54, 1.807) is 0 Å². The molecule has 0 aliphatic heterocycles. The number of anilines is 3. The fourth-order valence-electron chi connectivity index (χ4n) is 11.3. The maximum Gasteiger partial charge on any atom is 0.0540 e. The third kappa shape index (κ3) is 5.62. The molecule has 0 unspecified atom stereocenters. The van der Waals surface area contributed by atoms with E-state index in [4.69, 9.17) is 0 Å². The minimum absolute atomic E-state index is 0.100. The summed E-state index contributed by atoms with van der Waals surface area (Å²) in [6, 6.07) is 79.1. The highest BCUT2D eigenvalue weighted by Gasteiger charge is 2.38. The van der Waals surface area contributed by atoms with Crippen molar-refractivity contribution < 1.29 is 0 Å². The van der Waals surface area contributed by atoms with Crippen LogP contribution in [0.3, 0.4) is 0 Å². The van der Waals surface area contributed by atoms with E-state index in [1.165, 1.54) is 99.4 Å². The zero-order valence-electron chi connectivity index (χ0n) is 36.2. The minimum Gasteiger partial charge on any atom is -0.310 e. The van der Waals surface area contributed by atoms with Gasteiger partial charge < -0.3 is 4.90 Å². The first kappa shape index (κ1) is 37.3. The summed E-state index contributed by atoms with van der Waals surface area (Å²) < 4.78 is 0. The van der Waals surface area contributed by atoms with Gasteiger partial charge in [-0.15, -0.1) is 0 Å². The van der Waals surface area contributed by atoms with Crippen LogP contribution >= 0.6 is 0 Å². The Morgan fingerprint density at radius 3 is 1.70 bits per heavy atom. The Morgan fingerprint density at radius 1 is 0.317 bits per heavy atom. The van der Waals surface area contributed by atoms with Crippen LogP contribution in [0.5, 0.6) is 0 Å². The number of fused-ring (bicyclic) bond motifs is 9. The maximum absolute atomic E-state index is 2.48. The number of para-hydroxylation sites is 1. The van der Waals surface area contributed by atoms with Gasteiger partial charge in [-0.25, -0.2) is 0 Å². The fourth-order valence-corrected chi connectivity index (χ4v) is 11.3. The summed E-state index contributed by atoms with van der Waals surface area (Å²) in [5.74, 6) is 0. The maximum atomic E-state index is 2.48. The van der Waals surface area contributed by atoms with Crippen molar-refractivity contribution in [2.45, 2.75) is 38.5 Å². The molecule has 0 fully saturated rings. The van der Waals surface area contributed by atoms with Crippen molar-refractivity contribution in [1.29, 1.82) is 0 Å². The highest BCUT2D eigenvalue weighted by atomic mass is 15.1. The molecule has 0 saturated heterocycles. The van der Waals surface area contributed by atoms with Crippen molar-refractivity contribution in [3.8, 4) is 55.6 Å². The lowest BCUT2D eigenvalue weighted by Gasteiger charge is -2.30. The molecule has 0 bridgehead atoms. The Balaban J connectivity index is 1.06. The predicted octanol–water partition coefficient (Wildman–Crippen LogP) is 17.1. The second kappa shape index (κ2) is 14.0. The molecular formula is C62H47N. The van der Waals surface area contributed by atoms with Crippen LogP contribution in [-0.2, 0) is 10.8 Å². The van der Waals surface area contributed by atoms with Crippen LogP contribution in [0.2, 0.25) is 0 Å². The topological polar surface area (TPSA) is 3.24 Å². The van der Waals surface area contributed by atoms with E-state index in [1.807, 2.05) is 0 Å². The monoisotopic (exact) mass is 805 g/mol. The smallest absolute Gasteiger partial charge is 0.0540 e. The second-order valence-electron chi connectivity index (χ2n) is 18.4. The van der Waals surface area contributed by atoms with Crippen LogP contribution in [0.4, 0.5) is 17.1 Å². The quantitative estimate of drug-likeness (QED) is 0.151. The summed E-state index contributed by atoms with van der Waals surface area (Å²) in [6.45, 7) is 9.49. The van der Waals surface area contributed by atoms with E-state index >= 15 is 0 Å². The van der Waals surface area contributed by atoms with Crippen LogP contribution in [0.1, 0.15) is 49.9 Å². The molecule has 0 saturated carbocycles. The molecule has 300 valence electrons. The van der Waals surface area contributed by atoms with E-state index in [0.717, 1.165) is 17.1 Å². The second-order valence-corrected chi connectivity index (χ2v) is 18.4. The van der Waals surface area contributed by atoms with Gasteiger partial charge >= 0.3 is 0 Å². The van der Waals surface area contributed by atoms with Crippen molar-refractivity contribution >= 4 is 38.6 Å². The first-order chi connectivity index (χ1) is 30.8. The van der Waals surface area contributed by atoms with Gasteiger partial charge in [-0.2, -0.15) is 0 Å². The average molecular weight is 806 g/mol. The van der Waals surface area contributed by atoms with Gasteiger partial charge in [-0.1, -0.05) is 204 Å². The summed E-state index contributed by atoms with van der Waals surface area (Å²) in [6.07, 6.45) is 0. The standard InChI is InChI=1S/C62H47N/c1-61(2)56-31-13-10-26-53(56)59-51(28-17-32-57(59)61)50-25-11-14-33-58(50)63(43-36-34-40(35-37-43)54-39-42-18-5-6-21-45(42)47-22-7-8-23-48(47)54)44-20-15-19-41(38-44)46-27-16-29-52-49-24-9-12-30-55(49)62(3,4)60(46)52/h5-39H,1-4H3. The molecule has 0 radical (unpaired) electrons. The van der Waals surface area contributed by atoms with Crippen LogP contribution in [0.15, 0.2) is 212 Å². The lowest BCUT2D eigenvalue weighted by Crippen LogP contribution is -2.16. The van der Waals surface area contributed by atoms with Crippen molar-refractivity contribution in [3.63, 3.8) is 0 Å². The number of hydrogen-bond acceptors (Lipinski definition) is 1. The Bertz CT molecular complexity index is 3460. The number of hydrogen-bond donors (Lipinski definition) is 0. The van der Waals surface area contributed by atoms with Crippen molar-refractivity contribution in [2.75, 3.05) is 4.90 Å². The molecule has 2 aliphatic carbocycles. The molecule has 0 atom stereocenters. The van der Waals surface area contributed by atoms with Crippen LogP contribution in [-0.4, -0.2) is 0 Å². The molecule has 0 aromatic heterocycles. The first-order valence-electron chi connectivity index (χ1n) is 22.3. The molecule has 1 heteroatoms. The van der Waals surface area contributed by atoms with Crippen molar-refractivity contribution in [2.24, 2.45) is 0 Å². The van der Waals surface area contributed by atoms with Gasteiger partial charge in [0.1, 0.15) is 0 Å². The predicted molar refractivity (Wildman–Crippen MR) is 268 cm³/mol. The van der Waals surface area contributed by atoms with E-state index in [-0.39, 0.29) is 10.8 Å². The van der Waals surface area contributed by atoms with Gasteiger partial charge in [-0.05, 0) is 130 Å². The summed E-state index contributed by atoms with van der Waals surface area (Å²) in [4.78, 5) is 2.48. The minimum atomic E-state index is -0.134. The van der Waals surface area contributed by atoms with Gasteiger partial charge in [-0.3, -0.25) is 0 Å². The lowest BCUT2D eigenvalue weighted by molar-refractivity contribution is 0.660. The van der Waals surface area contributed by atoms with Crippen molar-refractivity contribution in [1.82, 2.24) is 0 Å². The van der Waals surface area contributed by atoms with Crippen LogP contribution < -0.4 is 4.90 Å². The summed E-state index contributed by atoms with van der Waals surface area (Å²) in [5, 5.41) is 5.08. The molecule has 10 aromatic rings. The molecule has 0 amide bonds. The Morgan fingerprint density at radius 2 is 0.889 bits per heavy atom. The Kier molecular flexibility index (Phi) is 8.30. The van der Waals surface area contributed by atoms with Crippen molar-refractivity contribution in [3.05, 3.63) is 235 Å². The first-order valence-corrected chi connectivity index (χ1v) is 22.3. The van der Waals surface area contributed by atoms with Gasteiger partial charge in [0.2, 0.25) is 0 Å². The molecule has 63 heavy (non-hydrogen) atoms. The lowest BCUT2D eigenvalue weighted by atomic mass is 9.79. The summed E-state index contributed by atoms with van der Waals surface area (Å²) >= 11 is 0. The van der Waals surface area contributed by atoms with Gasteiger partial charge in [0, 0.05) is 27.8 Å². The molecule has 0 spiro atoms. The van der Waals surface area contributed by atoms with Gasteiger partial charge in [0.25, 0.3) is 0 Å². The Labute approximate surface area is 370 Å². The third-order valence-corrected chi connectivity index (χ3v) is 14.2. The molecule has 0 heterocycles. The average Bonchev–Trinajstić information content (AvgIpc) is 3.72. The molecule has 2 aliphatic rings. The zero-order chi connectivity index (χ0) is 42.5. The van der Waals surface area contributed by atoms with E-state index in [9.17, 15) is 0 Å². The largest absolute Gasteiger partial charge is 0.310 e. The number of nitrogens with zero attached hydrogens (tertiary/aromatic N) is 1. The SMILES string of the molecule is CC1(C)c2ccccc2-c2c(-c3ccccc3N(c3ccc(-c4cc5ccccc5c5ccccc45)cc3)c3cccc(-c4cccc5c4C(C)(C)c4ccccc4-5)c3)cccc21. The molecule has 1 nitrogen and oxygen atoms in total. The van der Waals surface area contributed by atoms with E-state index in [2.05, 4.69) is 245 Å².